The lowest BCUT2D eigenvalue weighted by Crippen LogP contribution is -2.60. The van der Waals surface area contributed by atoms with E-state index in [4.69, 9.17) is 9.47 Å². The maximum atomic E-state index is 13.1. The molecule has 1 aromatic rings. The lowest BCUT2D eigenvalue weighted by molar-refractivity contribution is -0.147. The summed E-state index contributed by atoms with van der Waals surface area (Å²) < 4.78 is 11.5. The summed E-state index contributed by atoms with van der Waals surface area (Å²) in [4.78, 5) is 28.3. The van der Waals surface area contributed by atoms with Crippen molar-refractivity contribution in [2.75, 3.05) is 44.7 Å². The third kappa shape index (κ3) is 4.12. The minimum atomic E-state index is -1.58. The van der Waals surface area contributed by atoms with Crippen LogP contribution in [-0.4, -0.2) is 61.7 Å². The minimum Gasteiger partial charge on any atom is -0.466 e. The number of nitrogens with one attached hydrogen (secondary N) is 2. The van der Waals surface area contributed by atoms with Crippen molar-refractivity contribution >= 4 is 17.5 Å². The van der Waals surface area contributed by atoms with Gasteiger partial charge >= 0.3 is 0 Å². The largest absolute Gasteiger partial charge is 0.466 e. The molecule has 0 bridgehead atoms. The smallest absolute Gasteiger partial charge is 0.278 e. The molecule has 0 saturated carbocycles. The van der Waals surface area contributed by atoms with E-state index in [2.05, 4.69) is 15.5 Å². The number of benzene rings is 1. The monoisotopic (exact) mass is 401 g/mol. The number of anilines is 1. The molecule has 158 valence electrons. The number of hydrogen-bond acceptors (Lipinski definition) is 5. The summed E-state index contributed by atoms with van der Waals surface area (Å²) in [5.41, 5.74) is 0.0242. The van der Waals surface area contributed by atoms with Crippen LogP contribution in [0.25, 0.3) is 0 Å². The third-order valence-corrected chi connectivity index (χ3v) is 6.50. The summed E-state index contributed by atoms with van der Waals surface area (Å²) >= 11 is 0. The molecule has 1 unspecified atom stereocenters. The van der Waals surface area contributed by atoms with Crippen molar-refractivity contribution in [1.82, 2.24) is 10.2 Å². The van der Waals surface area contributed by atoms with Gasteiger partial charge < -0.3 is 25.0 Å². The number of fused-ring (bicyclic) bond motifs is 1. The molecule has 4 rings (SSSR count). The molecule has 7 nitrogen and oxygen atoms in total. The predicted molar refractivity (Wildman–Crippen MR) is 110 cm³/mol. The molecular formula is C22H31N3O4. The van der Waals surface area contributed by atoms with E-state index < -0.39 is 17.4 Å². The van der Waals surface area contributed by atoms with Gasteiger partial charge in [-0.2, -0.15) is 0 Å². The predicted octanol–water partition coefficient (Wildman–Crippen LogP) is 2.09. The van der Waals surface area contributed by atoms with Crippen LogP contribution in [0, 0.1) is 12.3 Å². The zero-order chi connectivity index (χ0) is 20.5. The van der Waals surface area contributed by atoms with Gasteiger partial charge in [0.1, 0.15) is 5.75 Å². The van der Waals surface area contributed by atoms with E-state index in [0.29, 0.717) is 31.2 Å². The number of carbonyl (C=O) groups is 2. The van der Waals surface area contributed by atoms with Crippen LogP contribution in [0.2, 0.25) is 0 Å². The minimum absolute atomic E-state index is 0.0191. The summed E-state index contributed by atoms with van der Waals surface area (Å²) in [6, 6.07) is 5.54. The molecule has 3 heterocycles. The quantitative estimate of drug-likeness (QED) is 0.739. The summed E-state index contributed by atoms with van der Waals surface area (Å²) in [5, 5.41) is 5.87. The van der Waals surface area contributed by atoms with Gasteiger partial charge in [-0.1, -0.05) is 6.07 Å². The first-order valence-electron chi connectivity index (χ1n) is 10.6. The van der Waals surface area contributed by atoms with E-state index in [1.807, 2.05) is 19.1 Å². The van der Waals surface area contributed by atoms with Gasteiger partial charge in [-0.05, 0) is 70.3 Å². The summed E-state index contributed by atoms with van der Waals surface area (Å²) in [6.07, 6.45) is 4.30. The second-order valence-corrected chi connectivity index (χ2v) is 8.87. The Morgan fingerprint density at radius 1 is 1.24 bits per heavy atom. The molecule has 1 atom stereocenters. The first-order chi connectivity index (χ1) is 13.9. The molecule has 0 aliphatic carbocycles. The first kappa shape index (κ1) is 20.2. The molecule has 2 N–H and O–H groups in total. The van der Waals surface area contributed by atoms with Gasteiger partial charge in [-0.3, -0.25) is 9.59 Å². The van der Waals surface area contributed by atoms with Crippen molar-refractivity contribution in [3.8, 4) is 5.75 Å². The molecule has 7 heteroatoms. The molecule has 0 radical (unpaired) electrons. The zero-order valence-corrected chi connectivity index (χ0v) is 17.4. The Bertz CT molecular complexity index is 784. The highest BCUT2D eigenvalue weighted by Gasteiger charge is 2.48. The van der Waals surface area contributed by atoms with Crippen molar-refractivity contribution in [2.45, 2.75) is 45.1 Å². The van der Waals surface area contributed by atoms with Gasteiger partial charge in [-0.15, -0.1) is 0 Å². The topological polar surface area (TPSA) is 79.9 Å². The molecule has 3 aliphatic heterocycles. The Hall–Kier alpha value is -2.12. The van der Waals surface area contributed by atoms with Crippen LogP contribution < -0.4 is 15.4 Å². The SMILES string of the molecule is Cc1ccc2c(c1)NC(=O)C(C)(C(=O)NCC1(CN3CCCC3)CCOCC1)O2. The van der Waals surface area contributed by atoms with E-state index in [9.17, 15) is 9.59 Å². The summed E-state index contributed by atoms with van der Waals surface area (Å²) in [7, 11) is 0. The Morgan fingerprint density at radius 2 is 1.97 bits per heavy atom. The summed E-state index contributed by atoms with van der Waals surface area (Å²) in [5.74, 6) is -0.312. The van der Waals surface area contributed by atoms with E-state index in [0.717, 1.165) is 38.0 Å². The van der Waals surface area contributed by atoms with E-state index in [1.54, 1.807) is 6.07 Å². The van der Waals surface area contributed by atoms with Gasteiger partial charge in [0, 0.05) is 31.7 Å². The Kier molecular flexibility index (Phi) is 5.53. The number of carbonyl (C=O) groups excluding carboxylic acids is 2. The maximum absolute atomic E-state index is 13.1. The van der Waals surface area contributed by atoms with Gasteiger partial charge in [0.05, 0.1) is 5.69 Å². The van der Waals surface area contributed by atoms with Gasteiger partial charge in [-0.25, -0.2) is 0 Å². The lowest BCUT2D eigenvalue weighted by Gasteiger charge is -2.41. The molecular weight excluding hydrogens is 370 g/mol. The maximum Gasteiger partial charge on any atom is 0.278 e. The number of rotatable bonds is 5. The normalized spacial score (nSPS) is 26.3. The average molecular weight is 402 g/mol. The van der Waals surface area contributed by atoms with Crippen molar-refractivity contribution in [3.63, 3.8) is 0 Å². The van der Waals surface area contributed by atoms with Crippen LogP contribution in [0.3, 0.4) is 0 Å². The fourth-order valence-electron chi connectivity index (χ4n) is 4.53. The molecule has 2 fully saturated rings. The van der Waals surface area contributed by atoms with Gasteiger partial charge in [0.25, 0.3) is 17.4 Å². The van der Waals surface area contributed by atoms with Crippen LogP contribution >= 0.6 is 0 Å². The van der Waals surface area contributed by atoms with E-state index in [-0.39, 0.29) is 5.41 Å². The van der Waals surface area contributed by atoms with Crippen LogP contribution in [-0.2, 0) is 14.3 Å². The number of aryl methyl sites for hydroxylation is 1. The Morgan fingerprint density at radius 3 is 2.69 bits per heavy atom. The molecule has 3 aliphatic rings. The van der Waals surface area contributed by atoms with Crippen molar-refractivity contribution in [2.24, 2.45) is 5.41 Å². The second-order valence-electron chi connectivity index (χ2n) is 8.87. The molecule has 2 saturated heterocycles. The fraction of sp³-hybridized carbons (Fsp3) is 0.636. The molecule has 0 aromatic heterocycles. The fourth-order valence-corrected chi connectivity index (χ4v) is 4.53. The standard InChI is InChI=1S/C22H31N3O4/c1-16-5-6-18-17(13-16)24-20(27)21(2,29-18)19(26)23-14-22(7-11-28-12-8-22)15-25-9-3-4-10-25/h5-6,13H,3-4,7-12,14-15H2,1-2H3,(H,23,26)(H,24,27). The van der Waals surface area contributed by atoms with Gasteiger partial charge in [0.2, 0.25) is 0 Å². The average Bonchev–Trinajstić information content (AvgIpc) is 3.21. The Labute approximate surface area is 172 Å². The van der Waals surface area contributed by atoms with Crippen LogP contribution in [0.1, 0.15) is 38.2 Å². The number of ether oxygens (including phenoxy) is 2. The number of nitrogens with zero attached hydrogens (tertiary/aromatic N) is 1. The van der Waals surface area contributed by atoms with Crippen molar-refractivity contribution < 1.29 is 19.1 Å². The lowest BCUT2D eigenvalue weighted by atomic mass is 9.79. The highest BCUT2D eigenvalue weighted by Crippen LogP contribution is 2.35. The first-order valence-corrected chi connectivity index (χ1v) is 10.6. The van der Waals surface area contributed by atoms with Crippen LogP contribution in [0.5, 0.6) is 5.75 Å². The van der Waals surface area contributed by atoms with Crippen LogP contribution in [0.4, 0.5) is 5.69 Å². The Balaban J connectivity index is 1.45. The van der Waals surface area contributed by atoms with Crippen LogP contribution in [0.15, 0.2) is 18.2 Å². The van der Waals surface area contributed by atoms with E-state index >= 15 is 0 Å². The molecule has 29 heavy (non-hydrogen) atoms. The van der Waals surface area contributed by atoms with Gasteiger partial charge in [0.15, 0.2) is 0 Å². The van der Waals surface area contributed by atoms with E-state index in [1.165, 1.54) is 19.8 Å². The zero-order valence-electron chi connectivity index (χ0n) is 17.4. The second kappa shape index (κ2) is 7.95. The van der Waals surface area contributed by atoms with Crippen molar-refractivity contribution in [3.05, 3.63) is 23.8 Å². The number of hydrogen-bond donors (Lipinski definition) is 2. The molecule has 0 spiro atoms. The highest BCUT2D eigenvalue weighted by atomic mass is 16.5. The molecule has 2 amide bonds. The van der Waals surface area contributed by atoms with Crippen molar-refractivity contribution in [1.29, 1.82) is 0 Å². The number of likely N-dealkylation sites (tertiary alicyclic amines) is 1. The molecule has 1 aromatic carbocycles. The summed E-state index contributed by atoms with van der Waals surface area (Å²) in [6.45, 7) is 8.64. The third-order valence-electron chi connectivity index (χ3n) is 6.50. The highest BCUT2D eigenvalue weighted by molar-refractivity contribution is 6.15. The number of amides is 2.